The quantitative estimate of drug-likeness (QED) is 0.572. The summed E-state index contributed by atoms with van der Waals surface area (Å²) < 4.78 is 7.24. The Morgan fingerprint density at radius 2 is 2.03 bits per heavy atom. The van der Waals surface area contributed by atoms with Crippen LogP contribution in [0.1, 0.15) is 5.56 Å². The third-order valence-electron chi connectivity index (χ3n) is 5.10. The van der Waals surface area contributed by atoms with Gasteiger partial charge in [0, 0.05) is 38.0 Å². The molecule has 4 rings (SSSR count). The van der Waals surface area contributed by atoms with Crippen molar-refractivity contribution in [3.8, 4) is 17.1 Å². The molecule has 1 fully saturated rings. The number of halogens is 1. The Morgan fingerprint density at radius 1 is 1.23 bits per heavy atom. The first kappa shape index (κ1) is 21.1. The second kappa shape index (κ2) is 9.36. The zero-order chi connectivity index (χ0) is 21.8. The third-order valence-corrected chi connectivity index (χ3v) is 5.34. The van der Waals surface area contributed by atoms with Gasteiger partial charge in [0.15, 0.2) is 11.6 Å². The molecule has 1 aliphatic rings. The van der Waals surface area contributed by atoms with Crippen LogP contribution in [0.3, 0.4) is 0 Å². The van der Waals surface area contributed by atoms with Crippen molar-refractivity contribution in [3.63, 3.8) is 0 Å². The number of ether oxygens (including phenoxy) is 1. The molecular weight excluding hydrogens is 416 g/mol. The second-order valence-electron chi connectivity index (χ2n) is 7.27. The largest absolute Gasteiger partial charge is 0.378 e. The van der Waals surface area contributed by atoms with Gasteiger partial charge in [0.05, 0.1) is 24.6 Å². The molecule has 1 amide bonds. The third kappa shape index (κ3) is 4.65. The van der Waals surface area contributed by atoms with Crippen molar-refractivity contribution in [2.24, 2.45) is 0 Å². The van der Waals surface area contributed by atoms with Gasteiger partial charge in [0.2, 0.25) is 5.91 Å². The van der Waals surface area contributed by atoms with Crippen LogP contribution in [-0.2, 0) is 9.53 Å². The van der Waals surface area contributed by atoms with Gasteiger partial charge in [-0.1, -0.05) is 23.8 Å². The molecule has 3 heterocycles. The Bertz CT molecular complexity index is 1080. The molecule has 0 unspecified atom stereocenters. The van der Waals surface area contributed by atoms with Gasteiger partial charge in [0.1, 0.15) is 11.6 Å². The number of aryl methyl sites for hydroxylation is 1. The first-order valence-corrected chi connectivity index (χ1v) is 10.7. The molecule has 0 saturated carbocycles. The first-order valence-electron chi connectivity index (χ1n) is 10.1. The average Bonchev–Trinajstić information content (AvgIpc) is 3.30. The number of hydrogen-bond acceptors (Lipinski definition) is 6. The Balaban J connectivity index is 1.77. The minimum absolute atomic E-state index is 0.132. The smallest absolute Gasteiger partial charge is 0.239 e. The Hall–Kier alpha value is -3.10. The van der Waals surface area contributed by atoms with Crippen molar-refractivity contribution in [1.82, 2.24) is 14.8 Å². The van der Waals surface area contributed by atoms with Gasteiger partial charge in [-0.2, -0.15) is 5.10 Å². The summed E-state index contributed by atoms with van der Waals surface area (Å²) in [6.45, 7) is 4.72. The van der Waals surface area contributed by atoms with Crippen molar-refractivity contribution in [2.75, 3.05) is 54.8 Å². The number of alkyl halides is 1. The summed E-state index contributed by atoms with van der Waals surface area (Å²) in [5.74, 6) is 0.772. The maximum atomic E-state index is 12.1. The average molecular weight is 441 g/mol. The van der Waals surface area contributed by atoms with Gasteiger partial charge in [0.25, 0.3) is 0 Å². The molecule has 3 aromatic rings. The first-order chi connectivity index (χ1) is 15.1. The molecule has 2 N–H and O–H groups in total. The van der Waals surface area contributed by atoms with Gasteiger partial charge in [-0.05, 0) is 19.1 Å². The van der Waals surface area contributed by atoms with Crippen LogP contribution in [-0.4, -0.2) is 59.9 Å². The molecule has 0 bridgehead atoms. The number of nitrogens with zero attached hydrogens (tertiary/aromatic N) is 4. The van der Waals surface area contributed by atoms with Crippen LogP contribution in [0.5, 0.6) is 0 Å². The summed E-state index contributed by atoms with van der Waals surface area (Å²) in [5.41, 5.74) is 4.54. The lowest BCUT2D eigenvalue weighted by Crippen LogP contribution is -2.37. The van der Waals surface area contributed by atoms with Crippen LogP contribution in [0, 0.1) is 6.92 Å². The minimum Gasteiger partial charge on any atom is -0.378 e. The number of pyridine rings is 1. The topological polar surface area (TPSA) is 84.3 Å². The highest BCUT2D eigenvalue weighted by molar-refractivity contribution is 6.29. The van der Waals surface area contributed by atoms with E-state index >= 15 is 0 Å². The number of carbonyl (C=O) groups excluding carboxylic acids is 1. The molecule has 0 atom stereocenters. The van der Waals surface area contributed by atoms with E-state index in [1.165, 1.54) is 5.56 Å². The standard InChI is InChI=1S/C22H25ClN6O2/c1-15-4-3-5-16(12-15)17-6-7-29(27-17)19-13-18(28-8-10-31-11-9-28)21(22(24-2)25-19)26-20(30)14-23/h3-7,12-13H,8-11,14H2,1-2H3,(H,24,25)(H,26,30). The van der Waals surface area contributed by atoms with E-state index in [1.54, 1.807) is 11.7 Å². The fourth-order valence-electron chi connectivity index (χ4n) is 3.58. The zero-order valence-corrected chi connectivity index (χ0v) is 18.3. The molecule has 0 aliphatic carbocycles. The minimum atomic E-state index is -0.289. The molecule has 0 spiro atoms. The molecule has 31 heavy (non-hydrogen) atoms. The normalized spacial score (nSPS) is 13.8. The van der Waals surface area contributed by atoms with E-state index in [2.05, 4.69) is 34.6 Å². The van der Waals surface area contributed by atoms with E-state index in [1.807, 2.05) is 30.5 Å². The van der Waals surface area contributed by atoms with Crippen molar-refractivity contribution in [1.29, 1.82) is 0 Å². The maximum Gasteiger partial charge on any atom is 0.239 e. The van der Waals surface area contributed by atoms with Crippen LogP contribution < -0.4 is 15.5 Å². The summed E-state index contributed by atoms with van der Waals surface area (Å²) >= 11 is 5.73. The van der Waals surface area contributed by atoms with Crippen molar-refractivity contribution in [2.45, 2.75) is 6.92 Å². The van der Waals surface area contributed by atoms with E-state index in [9.17, 15) is 4.79 Å². The predicted octanol–water partition coefficient (Wildman–Crippen LogP) is 3.30. The van der Waals surface area contributed by atoms with Gasteiger partial charge < -0.3 is 20.3 Å². The monoisotopic (exact) mass is 440 g/mol. The van der Waals surface area contributed by atoms with Gasteiger partial charge in [-0.15, -0.1) is 11.6 Å². The molecule has 1 aliphatic heterocycles. The van der Waals surface area contributed by atoms with Crippen LogP contribution in [0.25, 0.3) is 17.1 Å². The van der Waals surface area contributed by atoms with Crippen molar-refractivity contribution in [3.05, 3.63) is 48.2 Å². The molecule has 0 radical (unpaired) electrons. The summed E-state index contributed by atoms with van der Waals surface area (Å²) in [6.07, 6.45) is 1.89. The lowest BCUT2D eigenvalue weighted by molar-refractivity contribution is -0.113. The molecular formula is C22H25ClN6O2. The fourth-order valence-corrected chi connectivity index (χ4v) is 3.64. The highest BCUT2D eigenvalue weighted by atomic mass is 35.5. The van der Waals surface area contributed by atoms with E-state index in [4.69, 9.17) is 26.4 Å². The van der Waals surface area contributed by atoms with E-state index in [0.29, 0.717) is 43.6 Å². The molecule has 2 aromatic heterocycles. The lowest BCUT2D eigenvalue weighted by atomic mass is 10.1. The van der Waals surface area contributed by atoms with Crippen molar-refractivity contribution >= 4 is 34.7 Å². The van der Waals surface area contributed by atoms with E-state index in [-0.39, 0.29) is 11.8 Å². The number of aromatic nitrogens is 3. The number of nitrogens with one attached hydrogen (secondary N) is 2. The Morgan fingerprint density at radius 3 is 2.74 bits per heavy atom. The zero-order valence-electron chi connectivity index (χ0n) is 17.6. The number of carbonyl (C=O) groups is 1. The van der Waals surface area contributed by atoms with Crippen molar-refractivity contribution < 1.29 is 9.53 Å². The van der Waals surface area contributed by atoms with E-state index < -0.39 is 0 Å². The predicted molar refractivity (Wildman–Crippen MR) is 123 cm³/mol. The second-order valence-corrected chi connectivity index (χ2v) is 7.54. The summed E-state index contributed by atoms with van der Waals surface area (Å²) in [6, 6.07) is 12.1. The molecule has 1 saturated heterocycles. The number of benzene rings is 1. The molecule has 1 aromatic carbocycles. The SMILES string of the molecule is CNc1nc(-n2ccc(-c3cccc(C)c3)n2)cc(N2CCOCC2)c1NC(=O)CCl. The van der Waals surface area contributed by atoms with Gasteiger partial charge in [-0.25, -0.2) is 9.67 Å². The van der Waals surface area contributed by atoms with Crippen LogP contribution in [0.15, 0.2) is 42.6 Å². The lowest BCUT2D eigenvalue weighted by Gasteiger charge is -2.31. The maximum absolute atomic E-state index is 12.1. The van der Waals surface area contributed by atoms with Crippen LogP contribution in [0.4, 0.5) is 17.2 Å². The summed E-state index contributed by atoms with van der Waals surface area (Å²) in [7, 11) is 1.77. The number of amides is 1. The Kier molecular flexibility index (Phi) is 6.39. The fraction of sp³-hybridized carbons (Fsp3) is 0.318. The van der Waals surface area contributed by atoms with Crippen LogP contribution in [0.2, 0.25) is 0 Å². The molecule has 8 nitrogen and oxygen atoms in total. The number of anilines is 3. The molecule has 9 heteroatoms. The summed E-state index contributed by atoms with van der Waals surface area (Å²) in [5, 5.41) is 10.7. The highest BCUT2D eigenvalue weighted by Crippen LogP contribution is 2.35. The summed E-state index contributed by atoms with van der Waals surface area (Å²) in [4.78, 5) is 18.9. The number of hydrogen-bond donors (Lipinski definition) is 2. The number of morpholine rings is 1. The van der Waals surface area contributed by atoms with E-state index in [0.717, 1.165) is 16.9 Å². The van der Waals surface area contributed by atoms with Gasteiger partial charge in [-0.3, -0.25) is 4.79 Å². The highest BCUT2D eigenvalue weighted by Gasteiger charge is 2.22. The molecule has 162 valence electrons. The Labute approximate surface area is 186 Å². The van der Waals surface area contributed by atoms with Crippen LogP contribution >= 0.6 is 11.6 Å². The van der Waals surface area contributed by atoms with Gasteiger partial charge >= 0.3 is 0 Å². The number of rotatable bonds is 6.